The van der Waals surface area contributed by atoms with Crippen molar-refractivity contribution in [3.05, 3.63) is 23.8 Å². The number of ether oxygens (including phenoxy) is 1. The minimum absolute atomic E-state index is 0.0303. The van der Waals surface area contributed by atoms with Crippen LogP contribution in [0.5, 0.6) is 0 Å². The lowest BCUT2D eigenvalue weighted by Crippen LogP contribution is -2.29. The number of anilines is 1. The van der Waals surface area contributed by atoms with Gasteiger partial charge in [-0.05, 0) is 18.2 Å². The average Bonchev–Trinajstić information content (AvgIpc) is 2.57. The molecule has 1 heterocycles. The second-order valence-electron chi connectivity index (χ2n) is 4.37. The molecule has 122 valence electrons. The number of alkyl halides is 6. The van der Waals surface area contributed by atoms with Gasteiger partial charge in [-0.15, -0.1) is 0 Å². The van der Waals surface area contributed by atoms with E-state index in [1.807, 2.05) is 0 Å². The lowest BCUT2D eigenvalue weighted by Gasteiger charge is -2.16. The van der Waals surface area contributed by atoms with E-state index in [4.69, 9.17) is 0 Å². The first-order valence-electron chi connectivity index (χ1n) is 5.97. The first-order chi connectivity index (χ1) is 10.1. The summed E-state index contributed by atoms with van der Waals surface area (Å²) in [5.41, 5.74) is -1.79. The smallest absolute Gasteiger partial charge is 0.444 e. The molecule has 1 N–H and O–H groups in total. The molecule has 0 amide bonds. The summed E-state index contributed by atoms with van der Waals surface area (Å²) < 4.78 is 78.8. The van der Waals surface area contributed by atoms with E-state index in [0.717, 1.165) is 12.1 Å². The first-order valence-corrected chi connectivity index (χ1v) is 6.85. The van der Waals surface area contributed by atoms with Gasteiger partial charge in [-0.2, -0.15) is 26.3 Å². The van der Waals surface area contributed by atoms with Gasteiger partial charge in [-0.25, -0.2) is 4.79 Å². The van der Waals surface area contributed by atoms with E-state index >= 15 is 0 Å². The predicted molar refractivity (Wildman–Crippen MR) is 66.3 cm³/mol. The van der Waals surface area contributed by atoms with Gasteiger partial charge in [0.2, 0.25) is 0 Å². The van der Waals surface area contributed by atoms with Gasteiger partial charge in [-0.1, -0.05) is 11.8 Å². The average molecular weight is 345 g/mol. The molecule has 1 aliphatic rings. The summed E-state index contributed by atoms with van der Waals surface area (Å²) in [6.45, 7) is 0.168. The van der Waals surface area contributed by atoms with Crippen LogP contribution in [0.25, 0.3) is 0 Å². The number of rotatable bonds is 1. The number of hydrogen-bond acceptors (Lipinski definition) is 4. The van der Waals surface area contributed by atoms with Crippen molar-refractivity contribution in [2.45, 2.75) is 29.1 Å². The monoisotopic (exact) mass is 345 g/mol. The van der Waals surface area contributed by atoms with Crippen molar-refractivity contribution in [1.29, 1.82) is 0 Å². The first kappa shape index (κ1) is 16.8. The summed E-state index contributed by atoms with van der Waals surface area (Å²) in [4.78, 5) is 10.9. The van der Waals surface area contributed by atoms with Crippen LogP contribution >= 0.6 is 11.8 Å². The van der Waals surface area contributed by atoms with Crippen molar-refractivity contribution < 1.29 is 35.9 Å². The van der Waals surface area contributed by atoms with Crippen molar-refractivity contribution in [3.63, 3.8) is 0 Å². The molecule has 2 rings (SSSR count). The van der Waals surface area contributed by atoms with Crippen LogP contribution in [-0.4, -0.2) is 24.1 Å². The summed E-state index contributed by atoms with van der Waals surface area (Å²) in [7, 11) is 0. The number of halogens is 6. The number of thioether (sulfide) groups is 1. The van der Waals surface area contributed by atoms with Crippen LogP contribution < -0.4 is 5.32 Å². The van der Waals surface area contributed by atoms with E-state index in [1.165, 1.54) is 6.07 Å². The Morgan fingerprint density at radius 1 is 1.23 bits per heavy atom. The van der Waals surface area contributed by atoms with Crippen LogP contribution in [0.1, 0.15) is 12.0 Å². The Morgan fingerprint density at radius 2 is 1.91 bits per heavy atom. The number of carbonyl (C=O) groups is 1. The molecule has 1 aliphatic heterocycles. The molecule has 1 unspecified atom stereocenters. The normalized spacial score (nSPS) is 18.9. The Morgan fingerprint density at radius 3 is 2.50 bits per heavy atom. The summed E-state index contributed by atoms with van der Waals surface area (Å²) in [5.74, 6) is -2.36. The molecule has 0 bridgehead atoms. The molecule has 1 aromatic carbocycles. The maximum atomic E-state index is 12.7. The number of nitrogens with one attached hydrogen (secondary N) is 1. The molecule has 0 fully saturated rings. The topological polar surface area (TPSA) is 38.3 Å². The lowest BCUT2D eigenvalue weighted by molar-refractivity contribution is -0.201. The quantitative estimate of drug-likeness (QED) is 0.616. The highest BCUT2D eigenvalue weighted by atomic mass is 32.2. The number of carbonyl (C=O) groups excluding carboxylic acids is 1. The van der Waals surface area contributed by atoms with Gasteiger partial charge in [0, 0.05) is 23.5 Å². The van der Waals surface area contributed by atoms with E-state index in [9.17, 15) is 31.1 Å². The molecular formula is C12H9F6NO2S. The van der Waals surface area contributed by atoms with E-state index in [-0.39, 0.29) is 17.9 Å². The van der Waals surface area contributed by atoms with Gasteiger partial charge in [0.1, 0.15) is 0 Å². The third kappa shape index (κ3) is 3.99. The van der Waals surface area contributed by atoms with Crippen LogP contribution in [-0.2, 0) is 15.7 Å². The van der Waals surface area contributed by atoms with Crippen molar-refractivity contribution in [2.75, 3.05) is 11.9 Å². The van der Waals surface area contributed by atoms with Crippen molar-refractivity contribution in [2.24, 2.45) is 0 Å². The Balaban J connectivity index is 2.20. The molecule has 3 nitrogen and oxygen atoms in total. The van der Waals surface area contributed by atoms with Crippen LogP contribution in [0.2, 0.25) is 0 Å². The van der Waals surface area contributed by atoms with Gasteiger partial charge < -0.3 is 10.1 Å². The highest BCUT2D eigenvalue weighted by Gasteiger charge is 2.42. The molecule has 0 aromatic heterocycles. The highest BCUT2D eigenvalue weighted by Crippen LogP contribution is 2.40. The largest absolute Gasteiger partial charge is 0.490 e. The van der Waals surface area contributed by atoms with E-state index in [0.29, 0.717) is 17.4 Å². The Kier molecular flexibility index (Phi) is 4.50. The van der Waals surface area contributed by atoms with E-state index in [1.54, 1.807) is 0 Å². The molecule has 1 aromatic rings. The molecule has 0 spiro atoms. The maximum Gasteiger partial charge on any atom is 0.490 e. The summed E-state index contributed by atoms with van der Waals surface area (Å²) >= 11 is 0.647. The summed E-state index contributed by atoms with van der Waals surface area (Å²) in [6.07, 6.45) is -9.68. The molecule has 0 aliphatic carbocycles. The lowest BCUT2D eigenvalue weighted by atomic mass is 10.2. The zero-order valence-electron chi connectivity index (χ0n) is 10.7. The standard InChI is InChI=1S/C12H9F6NO2S/c13-11(14,15)6-1-2-7-8(5-6)22-9(3-4-19-7)21-10(20)12(16,17)18/h1-2,5,9,19H,3-4H2. The molecule has 22 heavy (non-hydrogen) atoms. The van der Waals surface area contributed by atoms with Crippen LogP contribution in [0.4, 0.5) is 32.0 Å². The third-order valence-corrected chi connectivity index (χ3v) is 3.92. The molecule has 0 saturated heterocycles. The Hall–Kier alpha value is -1.58. The summed E-state index contributed by atoms with van der Waals surface area (Å²) in [6, 6.07) is 2.88. The number of fused-ring (bicyclic) bond motifs is 1. The van der Waals surface area contributed by atoms with Crippen molar-refractivity contribution in [1.82, 2.24) is 0 Å². The minimum atomic E-state index is -5.14. The van der Waals surface area contributed by atoms with Crippen molar-refractivity contribution in [3.8, 4) is 0 Å². The van der Waals surface area contributed by atoms with Gasteiger partial charge in [0.25, 0.3) is 0 Å². The number of hydrogen-bond donors (Lipinski definition) is 1. The number of benzene rings is 1. The van der Waals surface area contributed by atoms with Gasteiger partial charge in [0.05, 0.1) is 5.56 Å². The number of esters is 1. The predicted octanol–water partition coefficient (Wildman–Crippen LogP) is 4.04. The fourth-order valence-corrected chi connectivity index (χ4v) is 2.85. The molecule has 1 atom stereocenters. The molecule has 10 heteroatoms. The van der Waals surface area contributed by atoms with Gasteiger partial charge in [0.15, 0.2) is 5.44 Å². The van der Waals surface area contributed by atoms with E-state index in [2.05, 4.69) is 10.1 Å². The Bertz CT molecular complexity index is 572. The van der Waals surface area contributed by atoms with Gasteiger partial charge >= 0.3 is 18.3 Å². The minimum Gasteiger partial charge on any atom is -0.444 e. The van der Waals surface area contributed by atoms with Crippen LogP contribution in [0, 0.1) is 0 Å². The second kappa shape index (κ2) is 5.90. The fraction of sp³-hybridized carbons (Fsp3) is 0.417. The van der Waals surface area contributed by atoms with Crippen LogP contribution in [0.3, 0.4) is 0 Å². The SMILES string of the molecule is O=C(OC1CCNc2ccc(C(F)(F)F)cc2S1)C(F)(F)F. The van der Waals surface area contributed by atoms with Crippen LogP contribution in [0.15, 0.2) is 23.1 Å². The zero-order valence-corrected chi connectivity index (χ0v) is 11.5. The maximum absolute atomic E-state index is 12.7. The molecular weight excluding hydrogens is 336 g/mol. The zero-order chi connectivity index (χ0) is 16.5. The summed E-state index contributed by atoms with van der Waals surface area (Å²) in [5, 5.41) is 2.79. The highest BCUT2D eigenvalue weighted by molar-refractivity contribution is 8.00. The fourth-order valence-electron chi connectivity index (χ4n) is 1.74. The van der Waals surface area contributed by atoms with Crippen molar-refractivity contribution >= 4 is 23.4 Å². The Labute approximate surface area is 125 Å². The van der Waals surface area contributed by atoms with E-state index < -0.39 is 29.3 Å². The molecule has 0 radical (unpaired) electrons. The second-order valence-corrected chi connectivity index (χ2v) is 5.58. The molecule has 0 saturated carbocycles. The van der Waals surface area contributed by atoms with Gasteiger partial charge in [-0.3, -0.25) is 0 Å². The third-order valence-electron chi connectivity index (χ3n) is 2.73.